The summed E-state index contributed by atoms with van der Waals surface area (Å²) >= 11 is 0. The number of para-hydroxylation sites is 1. The molecule has 30 heavy (non-hydrogen) atoms. The zero-order valence-corrected chi connectivity index (χ0v) is 16.7. The largest absolute Gasteiger partial charge is 0.436 e. The SMILES string of the molecule is Cc1ccccc1Oc1nccnc1N1CCCC(C(=O)Nc2ccc(F)cc2)C1. The predicted octanol–water partition coefficient (Wildman–Crippen LogP) is 4.57. The van der Waals surface area contributed by atoms with Gasteiger partial charge in [0.1, 0.15) is 11.6 Å². The molecule has 1 unspecified atom stereocenters. The molecular weight excluding hydrogens is 383 g/mol. The average Bonchev–Trinajstić information content (AvgIpc) is 2.77. The third-order valence-electron chi connectivity index (χ3n) is 5.15. The third kappa shape index (κ3) is 4.56. The Hall–Kier alpha value is -3.48. The Morgan fingerprint density at radius 2 is 1.90 bits per heavy atom. The number of piperidine rings is 1. The van der Waals surface area contributed by atoms with Crippen LogP contribution in [0.25, 0.3) is 0 Å². The Labute approximate surface area is 174 Å². The number of nitrogens with one attached hydrogen (secondary N) is 1. The summed E-state index contributed by atoms with van der Waals surface area (Å²) in [4.78, 5) is 23.6. The molecule has 1 amide bonds. The van der Waals surface area contributed by atoms with Crippen LogP contribution in [-0.2, 0) is 4.79 Å². The smallest absolute Gasteiger partial charge is 0.263 e. The van der Waals surface area contributed by atoms with Gasteiger partial charge in [-0.25, -0.2) is 14.4 Å². The van der Waals surface area contributed by atoms with Crippen LogP contribution in [0, 0.1) is 18.7 Å². The van der Waals surface area contributed by atoms with Crippen molar-refractivity contribution in [3.05, 3.63) is 72.3 Å². The van der Waals surface area contributed by atoms with Crippen LogP contribution >= 0.6 is 0 Å². The van der Waals surface area contributed by atoms with E-state index in [1.807, 2.05) is 36.1 Å². The highest BCUT2D eigenvalue weighted by molar-refractivity contribution is 5.93. The molecule has 4 rings (SSSR count). The van der Waals surface area contributed by atoms with Crippen molar-refractivity contribution >= 4 is 17.4 Å². The monoisotopic (exact) mass is 406 g/mol. The summed E-state index contributed by atoms with van der Waals surface area (Å²) in [6.07, 6.45) is 4.85. The summed E-state index contributed by atoms with van der Waals surface area (Å²) in [6, 6.07) is 13.5. The van der Waals surface area contributed by atoms with Gasteiger partial charge in [-0.15, -0.1) is 0 Å². The van der Waals surface area contributed by atoms with Crippen molar-refractivity contribution in [2.45, 2.75) is 19.8 Å². The Bertz CT molecular complexity index is 1030. The first-order valence-electron chi connectivity index (χ1n) is 9.96. The molecule has 7 heteroatoms. The number of hydrogen-bond acceptors (Lipinski definition) is 5. The molecule has 1 aliphatic rings. The van der Waals surface area contributed by atoms with Crippen molar-refractivity contribution < 1.29 is 13.9 Å². The van der Waals surface area contributed by atoms with Crippen molar-refractivity contribution in [2.24, 2.45) is 5.92 Å². The summed E-state index contributed by atoms with van der Waals surface area (Å²) in [5.74, 6) is 1.14. The van der Waals surface area contributed by atoms with Crippen molar-refractivity contribution in [1.82, 2.24) is 9.97 Å². The Kier molecular flexibility index (Phi) is 5.88. The molecule has 1 N–H and O–H groups in total. The number of aromatic nitrogens is 2. The van der Waals surface area contributed by atoms with E-state index >= 15 is 0 Å². The van der Waals surface area contributed by atoms with Gasteiger partial charge in [0.2, 0.25) is 5.91 Å². The third-order valence-corrected chi connectivity index (χ3v) is 5.15. The molecular formula is C23H23FN4O2. The molecule has 1 saturated heterocycles. The molecule has 0 spiro atoms. The van der Waals surface area contributed by atoms with E-state index in [1.165, 1.54) is 12.1 Å². The first-order chi connectivity index (χ1) is 14.6. The minimum absolute atomic E-state index is 0.0865. The minimum Gasteiger partial charge on any atom is -0.436 e. The number of nitrogens with zero attached hydrogens (tertiary/aromatic N) is 3. The maximum Gasteiger partial charge on any atom is 0.263 e. The fourth-order valence-electron chi connectivity index (χ4n) is 3.54. The van der Waals surface area contributed by atoms with Crippen LogP contribution in [0.5, 0.6) is 11.6 Å². The maximum absolute atomic E-state index is 13.1. The summed E-state index contributed by atoms with van der Waals surface area (Å²) in [7, 11) is 0. The van der Waals surface area contributed by atoms with Crippen molar-refractivity contribution in [1.29, 1.82) is 0 Å². The van der Waals surface area contributed by atoms with E-state index in [-0.39, 0.29) is 17.6 Å². The van der Waals surface area contributed by atoms with Crippen molar-refractivity contribution in [2.75, 3.05) is 23.3 Å². The standard InChI is InChI=1S/C23H23FN4O2/c1-16-5-2-3-7-20(16)30-23-21(25-12-13-26-23)28-14-4-6-17(15-28)22(29)27-19-10-8-18(24)9-11-19/h2-3,5,7-13,17H,4,6,14-15H2,1H3,(H,27,29). The van der Waals surface area contributed by atoms with Crippen molar-refractivity contribution in [3.8, 4) is 11.6 Å². The van der Waals surface area contributed by atoms with E-state index < -0.39 is 0 Å². The van der Waals surface area contributed by atoms with Crippen molar-refractivity contribution in [3.63, 3.8) is 0 Å². The number of hydrogen-bond donors (Lipinski definition) is 1. The van der Waals surface area contributed by atoms with Gasteiger partial charge in [0.15, 0.2) is 5.82 Å². The number of carbonyl (C=O) groups is 1. The normalized spacial score (nSPS) is 16.2. The lowest BCUT2D eigenvalue weighted by Gasteiger charge is -2.33. The van der Waals surface area contributed by atoms with Crippen LogP contribution in [-0.4, -0.2) is 29.0 Å². The maximum atomic E-state index is 13.1. The molecule has 2 aromatic carbocycles. The van der Waals surface area contributed by atoms with Crippen LogP contribution in [0.3, 0.4) is 0 Å². The number of aryl methyl sites for hydroxylation is 1. The lowest BCUT2D eigenvalue weighted by molar-refractivity contribution is -0.120. The average molecular weight is 406 g/mol. The second kappa shape index (κ2) is 8.90. The quantitative estimate of drug-likeness (QED) is 0.672. The van der Waals surface area contributed by atoms with E-state index in [0.717, 1.165) is 30.7 Å². The van der Waals surface area contributed by atoms with Gasteiger partial charge in [-0.3, -0.25) is 4.79 Å². The van der Waals surface area contributed by atoms with E-state index in [2.05, 4.69) is 15.3 Å². The van der Waals surface area contributed by atoms with E-state index in [1.54, 1.807) is 24.5 Å². The summed E-state index contributed by atoms with van der Waals surface area (Å²) < 4.78 is 19.1. The second-order valence-corrected chi connectivity index (χ2v) is 7.33. The molecule has 0 saturated carbocycles. The Balaban J connectivity index is 1.49. The number of benzene rings is 2. The molecule has 6 nitrogen and oxygen atoms in total. The van der Waals surface area contributed by atoms with Crippen LogP contribution in [0.2, 0.25) is 0 Å². The molecule has 1 aliphatic heterocycles. The Morgan fingerprint density at radius 1 is 1.13 bits per heavy atom. The minimum atomic E-state index is -0.333. The molecule has 1 aromatic heterocycles. The highest BCUT2D eigenvalue weighted by Crippen LogP contribution is 2.32. The summed E-state index contributed by atoms with van der Waals surface area (Å²) in [5.41, 5.74) is 1.59. The molecule has 3 aromatic rings. The lowest BCUT2D eigenvalue weighted by atomic mass is 9.97. The number of halogens is 1. The molecule has 0 aliphatic carbocycles. The number of carbonyl (C=O) groups excluding carboxylic acids is 1. The first-order valence-corrected chi connectivity index (χ1v) is 9.96. The van der Waals surface area contributed by atoms with Gasteiger partial charge in [0.05, 0.1) is 5.92 Å². The molecule has 1 atom stereocenters. The van der Waals surface area contributed by atoms with Gasteiger partial charge in [-0.1, -0.05) is 18.2 Å². The van der Waals surface area contributed by atoms with E-state index in [0.29, 0.717) is 23.9 Å². The predicted molar refractivity (Wildman–Crippen MR) is 113 cm³/mol. The first kappa shape index (κ1) is 19.8. The fourth-order valence-corrected chi connectivity index (χ4v) is 3.54. The molecule has 1 fully saturated rings. The van der Waals surface area contributed by atoms with Crippen LogP contribution < -0.4 is 15.0 Å². The number of anilines is 2. The van der Waals surface area contributed by atoms with Gasteiger partial charge in [0.25, 0.3) is 5.88 Å². The number of ether oxygens (including phenoxy) is 1. The van der Waals surface area contributed by atoms with Crippen LogP contribution in [0.15, 0.2) is 60.9 Å². The molecule has 154 valence electrons. The molecule has 0 radical (unpaired) electrons. The number of amides is 1. The van der Waals surface area contributed by atoms with E-state index in [4.69, 9.17) is 4.74 Å². The fraction of sp³-hybridized carbons (Fsp3) is 0.261. The van der Waals surface area contributed by atoms with Gasteiger partial charge in [0, 0.05) is 31.2 Å². The van der Waals surface area contributed by atoms with Crippen LogP contribution in [0.4, 0.5) is 15.9 Å². The number of rotatable bonds is 5. The van der Waals surface area contributed by atoms with Gasteiger partial charge >= 0.3 is 0 Å². The van der Waals surface area contributed by atoms with Crippen LogP contribution in [0.1, 0.15) is 18.4 Å². The van der Waals surface area contributed by atoms with Gasteiger partial charge in [-0.2, -0.15) is 0 Å². The zero-order valence-electron chi connectivity index (χ0n) is 16.7. The zero-order chi connectivity index (χ0) is 20.9. The summed E-state index contributed by atoms with van der Waals surface area (Å²) in [6.45, 7) is 3.25. The van der Waals surface area contributed by atoms with Gasteiger partial charge in [-0.05, 0) is 55.7 Å². The molecule has 2 heterocycles. The molecule has 0 bridgehead atoms. The highest BCUT2D eigenvalue weighted by atomic mass is 19.1. The Morgan fingerprint density at radius 3 is 2.70 bits per heavy atom. The highest BCUT2D eigenvalue weighted by Gasteiger charge is 2.28. The lowest BCUT2D eigenvalue weighted by Crippen LogP contribution is -2.41. The topological polar surface area (TPSA) is 67.4 Å². The van der Waals surface area contributed by atoms with Gasteiger partial charge < -0.3 is 15.0 Å². The van der Waals surface area contributed by atoms with E-state index in [9.17, 15) is 9.18 Å². The summed E-state index contributed by atoms with van der Waals surface area (Å²) in [5, 5.41) is 2.87. The second-order valence-electron chi connectivity index (χ2n) is 7.33.